The van der Waals surface area contributed by atoms with Gasteiger partial charge in [-0.2, -0.15) is 0 Å². The molecule has 2 aliphatic rings. The van der Waals surface area contributed by atoms with Crippen LogP contribution >= 0.6 is 0 Å². The van der Waals surface area contributed by atoms with E-state index in [0.29, 0.717) is 6.42 Å². The highest BCUT2D eigenvalue weighted by Gasteiger charge is 2.53. The number of hydrogen-bond donors (Lipinski definition) is 0. The van der Waals surface area contributed by atoms with Crippen LogP contribution < -0.4 is 4.90 Å². The number of carbonyl (C=O) groups is 2. The molecule has 0 unspecified atom stereocenters. The first-order valence-corrected chi connectivity index (χ1v) is 7.96. The molecule has 1 aliphatic carbocycles. The Kier molecular flexibility index (Phi) is 3.50. The third-order valence-corrected chi connectivity index (χ3v) is 4.34. The predicted octanol–water partition coefficient (Wildman–Crippen LogP) is 3.19. The Morgan fingerprint density at radius 2 is 1.82 bits per heavy atom. The molecule has 22 heavy (non-hydrogen) atoms. The van der Waals surface area contributed by atoms with E-state index in [2.05, 4.69) is 0 Å². The molecule has 1 aliphatic heterocycles. The van der Waals surface area contributed by atoms with Crippen LogP contribution in [0.1, 0.15) is 52.0 Å². The highest BCUT2D eigenvalue weighted by atomic mass is 16.6. The van der Waals surface area contributed by atoms with Crippen molar-refractivity contribution >= 4 is 17.6 Å². The van der Waals surface area contributed by atoms with E-state index >= 15 is 0 Å². The smallest absolute Gasteiger partial charge is 0.317 e. The third-order valence-electron chi connectivity index (χ3n) is 4.34. The molecule has 4 nitrogen and oxygen atoms in total. The first-order chi connectivity index (χ1) is 10.3. The van der Waals surface area contributed by atoms with Crippen LogP contribution in [0, 0.1) is 0 Å². The molecule has 0 radical (unpaired) electrons. The van der Waals surface area contributed by atoms with Gasteiger partial charge in [-0.25, -0.2) is 0 Å². The Balaban J connectivity index is 1.78. The highest BCUT2D eigenvalue weighted by molar-refractivity contribution is 5.95. The molecule has 1 aromatic carbocycles. The molecule has 0 spiro atoms. The number of hydrogen-bond acceptors (Lipinski definition) is 3. The topological polar surface area (TPSA) is 46.6 Å². The fraction of sp³-hybridized carbons (Fsp3) is 0.556. The summed E-state index contributed by atoms with van der Waals surface area (Å²) in [6.45, 7) is 6.46. The minimum Gasteiger partial charge on any atom is -0.459 e. The SMILES string of the molecule is CC(C)(C)OC(=O)C1(c2ccc(N3CCCC3=O)cc2)CC1. The zero-order valence-electron chi connectivity index (χ0n) is 13.5. The van der Waals surface area contributed by atoms with Gasteiger partial charge in [-0.3, -0.25) is 9.59 Å². The van der Waals surface area contributed by atoms with Crippen molar-refractivity contribution in [2.45, 2.75) is 57.5 Å². The van der Waals surface area contributed by atoms with Crippen LogP contribution in [0.3, 0.4) is 0 Å². The van der Waals surface area contributed by atoms with E-state index in [-0.39, 0.29) is 11.9 Å². The maximum absolute atomic E-state index is 12.4. The van der Waals surface area contributed by atoms with Gasteiger partial charge in [0, 0.05) is 18.7 Å². The number of anilines is 1. The summed E-state index contributed by atoms with van der Waals surface area (Å²) in [4.78, 5) is 26.1. The van der Waals surface area contributed by atoms with Crippen LogP contribution in [-0.2, 0) is 19.7 Å². The molecular formula is C18H23NO3. The first-order valence-electron chi connectivity index (χ1n) is 7.96. The van der Waals surface area contributed by atoms with Gasteiger partial charge in [0.15, 0.2) is 0 Å². The van der Waals surface area contributed by atoms with Crippen LogP contribution in [-0.4, -0.2) is 24.0 Å². The summed E-state index contributed by atoms with van der Waals surface area (Å²) in [7, 11) is 0. The van der Waals surface area contributed by atoms with Gasteiger partial charge in [-0.15, -0.1) is 0 Å². The molecule has 3 rings (SSSR count). The van der Waals surface area contributed by atoms with Gasteiger partial charge in [-0.05, 0) is 57.7 Å². The molecule has 0 atom stereocenters. The van der Waals surface area contributed by atoms with Gasteiger partial charge >= 0.3 is 5.97 Å². The van der Waals surface area contributed by atoms with Crippen LogP contribution in [0.2, 0.25) is 0 Å². The molecular weight excluding hydrogens is 278 g/mol. The fourth-order valence-electron chi connectivity index (χ4n) is 2.99. The van der Waals surface area contributed by atoms with Crippen molar-refractivity contribution in [1.82, 2.24) is 0 Å². The lowest BCUT2D eigenvalue weighted by Gasteiger charge is -2.24. The normalized spacial score (nSPS) is 20.1. The predicted molar refractivity (Wildman–Crippen MR) is 84.8 cm³/mol. The van der Waals surface area contributed by atoms with Gasteiger partial charge in [-0.1, -0.05) is 12.1 Å². The molecule has 0 aromatic heterocycles. The van der Waals surface area contributed by atoms with Crippen molar-refractivity contribution in [3.63, 3.8) is 0 Å². The standard InChI is InChI=1S/C18H23NO3/c1-17(2,3)22-16(21)18(10-11-18)13-6-8-14(9-7-13)19-12-4-5-15(19)20/h6-9H,4-5,10-12H2,1-3H3. The Bertz CT molecular complexity index is 594. The molecule has 0 bridgehead atoms. The van der Waals surface area contributed by atoms with E-state index in [9.17, 15) is 9.59 Å². The highest BCUT2D eigenvalue weighted by Crippen LogP contribution is 2.50. The van der Waals surface area contributed by atoms with Gasteiger partial charge < -0.3 is 9.64 Å². The summed E-state index contributed by atoms with van der Waals surface area (Å²) in [5.74, 6) is 0.0472. The summed E-state index contributed by atoms with van der Waals surface area (Å²) < 4.78 is 5.56. The lowest BCUT2D eigenvalue weighted by molar-refractivity contribution is -0.158. The molecule has 2 fully saturated rings. The maximum Gasteiger partial charge on any atom is 0.317 e. The summed E-state index contributed by atoms with van der Waals surface area (Å²) >= 11 is 0. The van der Waals surface area contributed by atoms with Crippen LogP contribution in [0.5, 0.6) is 0 Å². The monoisotopic (exact) mass is 301 g/mol. The van der Waals surface area contributed by atoms with E-state index in [1.54, 1.807) is 0 Å². The quantitative estimate of drug-likeness (QED) is 0.806. The van der Waals surface area contributed by atoms with Crippen LogP contribution in [0.15, 0.2) is 24.3 Å². The van der Waals surface area contributed by atoms with E-state index in [0.717, 1.165) is 37.1 Å². The Morgan fingerprint density at radius 3 is 2.27 bits per heavy atom. The Hall–Kier alpha value is -1.84. The van der Waals surface area contributed by atoms with Gasteiger partial charge in [0.25, 0.3) is 0 Å². The van der Waals surface area contributed by atoms with Crippen molar-refractivity contribution in [3.8, 4) is 0 Å². The molecule has 118 valence electrons. The van der Waals surface area contributed by atoms with E-state index < -0.39 is 11.0 Å². The molecule has 1 saturated carbocycles. The average molecular weight is 301 g/mol. The van der Waals surface area contributed by atoms with Crippen molar-refractivity contribution in [1.29, 1.82) is 0 Å². The lowest BCUT2D eigenvalue weighted by Crippen LogP contribution is -2.32. The third kappa shape index (κ3) is 2.74. The number of rotatable bonds is 3. The van der Waals surface area contributed by atoms with Crippen molar-refractivity contribution in [2.24, 2.45) is 0 Å². The fourth-order valence-corrected chi connectivity index (χ4v) is 2.99. The van der Waals surface area contributed by atoms with Crippen molar-refractivity contribution in [2.75, 3.05) is 11.4 Å². The summed E-state index contributed by atoms with van der Waals surface area (Å²) in [6, 6.07) is 7.84. The number of benzene rings is 1. The Morgan fingerprint density at radius 1 is 1.18 bits per heavy atom. The van der Waals surface area contributed by atoms with Crippen LogP contribution in [0.25, 0.3) is 0 Å². The largest absolute Gasteiger partial charge is 0.459 e. The number of nitrogens with zero attached hydrogens (tertiary/aromatic N) is 1. The summed E-state index contributed by atoms with van der Waals surface area (Å²) in [6.07, 6.45) is 3.22. The first kappa shape index (κ1) is 15.1. The minimum absolute atomic E-state index is 0.134. The molecule has 1 amide bonds. The molecule has 1 aromatic rings. The van der Waals surface area contributed by atoms with Gasteiger partial charge in [0.1, 0.15) is 5.60 Å². The molecule has 1 saturated heterocycles. The number of ether oxygens (including phenoxy) is 1. The van der Waals surface area contributed by atoms with Crippen molar-refractivity contribution in [3.05, 3.63) is 29.8 Å². The Labute approximate surface area is 131 Å². The zero-order valence-corrected chi connectivity index (χ0v) is 13.5. The average Bonchev–Trinajstić information content (AvgIpc) is 3.15. The van der Waals surface area contributed by atoms with Gasteiger partial charge in [0.2, 0.25) is 5.91 Å². The molecule has 0 N–H and O–H groups in total. The number of amides is 1. The van der Waals surface area contributed by atoms with E-state index in [4.69, 9.17) is 4.74 Å². The second-order valence-corrected chi connectivity index (χ2v) is 7.28. The molecule has 1 heterocycles. The zero-order chi connectivity index (χ0) is 16.0. The summed E-state index contributed by atoms with van der Waals surface area (Å²) in [5.41, 5.74) is 0.985. The van der Waals surface area contributed by atoms with E-state index in [1.807, 2.05) is 49.9 Å². The second-order valence-electron chi connectivity index (χ2n) is 7.28. The lowest BCUT2D eigenvalue weighted by atomic mass is 9.95. The minimum atomic E-state index is -0.471. The van der Waals surface area contributed by atoms with E-state index in [1.165, 1.54) is 0 Å². The van der Waals surface area contributed by atoms with Crippen LogP contribution in [0.4, 0.5) is 5.69 Å². The number of esters is 1. The van der Waals surface area contributed by atoms with Gasteiger partial charge in [0.05, 0.1) is 5.41 Å². The maximum atomic E-state index is 12.4. The number of carbonyl (C=O) groups excluding carboxylic acids is 2. The summed E-state index contributed by atoms with van der Waals surface area (Å²) in [5, 5.41) is 0. The molecule has 4 heteroatoms. The van der Waals surface area contributed by atoms with Crippen molar-refractivity contribution < 1.29 is 14.3 Å². The second kappa shape index (κ2) is 5.11.